The van der Waals surface area contributed by atoms with E-state index >= 15 is 0 Å². The number of ether oxygens (including phenoxy) is 2. The molecule has 0 aliphatic carbocycles. The van der Waals surface area contributed by atoms with E-state index < -0.39 is 11.8 Å². The number of carbonyl (C=O) groups excluding carboxylic acids is 2. The summed E-state index contributed by atoms with van der Waals surface area (Å²) in [4.78, 5) is 25.7. The number of carbonyl (C=O) groups is 2. The third-order valence-electron chi connectivity index (χ3n) is 4.09. The topological polar surface area (TPSA) is 67.9 Å². The maximum absolute atomic E-state index is 12.8. The highest BCUT2D eigenvalue weighted by Crippen LogP contribution is 2.39. The first kappa shape index (κ1) is 23.6. The summed E-state index contributed by atoms with van der Waals surface area (Å²) in [6.07, 6.45) is 2.54. The molecule has 0 saturated carbocycles. The molecule has 162 valence electrons. The maximum Gasteiger partial charge on any atom is 0.285 e. The van der Waals surface area contributed by atoms with Gasteiger partial charge in [-0.3, -0.25) is 15.0 Å². The lowest BCUT2D eigenvalue weighted by Gasteiger charge is -2.15. The van der Waals surface area contributed by atoms with Gasteiger partial charge in [-0.25, -0.2) is 0 Å². The van der Waals surface area contributed by atoms with Gasteiger partial charge < -0.3 is 9.47 Å². The molecule has 1 fully saturated rings. The molecule has 3 rings (SSSR count). The monoisotopic (exact) mass is 540 g/mol. The molecule has 0 aromatic heterocycles. The largest absolute Gasteiger partial charge is 0.493 e. The summed E-state index contributed by atoms with van der Waals surface area (Å²) in [7, 11) is 1.55. The number of hydrogen-bond donors (Lipinski definition) is 1. The number of thioether (sulfide) groups is 1. The Balaban J connectivity index is 1.81. The molecule has 1 saturated heterocycles. The van der Waals surface area contributed by atoms with E-state index in [1.54, 1.807) is 37.5 Å². The molecule has 10 heteroatoms. The Hall–Kier alpha value is -2.07. The number of benzene rings is 2. The van der Waals surface area contributed by atoms with E-state index in [-0.39, 0.29) is 4.32 Å². The van der Waals surface area contributed by atoms with Gasteiger partial charge in [0.15, 0.2) is 15.8 Å². The summed E-state index contributed by atoms with van der Waals surface area (Å²) in [6, 6.07) is 10.0. The average Bonchev–Trinajstić information content (AvgIpc) is 2.99. The van der Waals surface area contributed by atoms with Crippen LogP contribution in [0.1, 0.15) is 29.3 Å². The number of hydrogen-bond acceptors (Lipinski definition) is 6. The number of methoxy groups -OCH3 is 1. The summed E-state index contributed by atoms with van der Waals surface area (Å²) in [5, 5.41) is 1.48. The maximum atomic E-state index is 12.8. The third kappa shape index (κ3) is 5.60. The second kappa shape index (κ2) is 10.5. The molecule has 2 aromatic rings. The van der Waals surface area contributed by atoms with Crippen molar-refractivity contribution in [2.45, 2.75) is 13.3 Å². The number of thiocarbonyl (C=S) groups is 1. The van der Waals surface area contributed by atoms with Crippen molar-refractivity contribution < 1.29 is 19.1 Å². The van der Waals surface area contributed by atoms with Crippen LogP contribution in [-0.4, -0.2) is 34.9 Å². The first-order valence-corrected chi connectivity index (χ1v) is 11.6. The molecule has 0 atom stereocenters. The molecule has 2 amide bonds. The number of halogens is 2. The van der Waals surface area contributed by atoms with Gasteiger partial charge in [-0.15, -0.1) is 0 Å². The van der Waals surface area contributed by atoms with Crippen molar-refractivity contribution in [3.8, 4) is 11.5 Å². The Kier molecular flexibility index (Phi) is 7.99. The van der Waals surface area contributed by atoms with Crippen LogP contribution in [0.5, 0.6) is 11.5 Å². The zero-order valence-electron chi connectivity index (χ0n) is 16.6. The predicted octanol–water partition coefficient (Wildman–Crippen LogP) is 5.45. The zero-order chi connectivity index (χ0) is 22.5. The van der Waals surface area contributed by atoms with Gasteiger partial charge >= 0.3 is 0 Å². The molecule has 2 aromatic carbocycles. The van der Waals surface area contributed by atoms with Gasteiger partial charge in [-0.05, 0) is 76.5 Å². The van der Waals surface area contributed by atoms with Gasteiger partial charge in [0.05, 0.1) is 23.1 Å². The van der Waals surface area contributed by atoms with E-state index in [1.807, 2.05) is 13.0 Å². The third-order valence-corrected chi connectivity index (χ3v) is 6.22. The van der Waals surface area contributed by atoms with Crippen LogP contribution in [0.15, 0.2) is 45.8 Å². The molecule has 6 nitrogen and oxygen atoms in total. The second-order valence-electron chi connectivity index (χ2n) is 6.35. The normalized spacial score (nSPS) is 14.8. The Labute approximate surface area is 203 Å². The lowest BCUT2D eigenvalue weighted by atomic mass is 10.2. The summed E-state index contributed by atoms with van der Waals surface area (Å²) in [5.41, 5.74) is 3.57. The average molecular weight is 542 g/mol. The van der Waals surface area contributed by atoms with Crippen molar-refractivity contribution in [2.24, 2.45) is 0 Å². The molecule has 1 aliphatic heterocycles. The Morgan fingerprint density at radius 1 is 1.35 bits per heavy atom. The minimum Gasteiger partial charge on any atom is -0.493 e. The number of amides is 2. The quantitative estimate of drug-likeness (QED) is 0.372. The van der Waals surface area contributed by atoms with Crippen LogP contribution >= 0.6 is 51.5 Å². The van der Waals surface area contributed by atoms with Crippen LogP contribution in [0.25, 0.3) is 6.08 Å². The minimum absolute atomic E-state index is 0.223. The fourth-order valence-electron chi connectivity index (χ4n) is 2.68. The molecular formula is C21H18BrClN2O4S2. The van der Waals surface area contributed by atoms with Crippen LogP contribution in [-0.2, 0) is 4.79 Å². The Bertz CT molecular complexity index is 1080. The summed E-state index contributed by atoms with van der Waals surface area (Å²) < 4.78 is 12.1. The highest BCUT2D eigenvalue weighted by molar-refractivity contribution is 9.10. The molecular weight excluding hydrogens is 524 g/mol. The lowest BCUT2D eigenvalue weighted by molar-refractivity contribution is -0.123. The van der Waals surface area contributed by atoms with E-state index in [2.05, 4.69) is 21.4 Å². The van der Waals surface area contributed by atoms with Crippen molar-refractivity contribution in [3.63, 3.8) is 0 Å². The van der Waals surface area contributed by atoms with Gasteiger partial charge in [0.25, 0.3) is 11.8 Å². The van der Waals surface area contributed by atoms with E-state index in [1.165, 1.54) is 6.07 Å². The molecule has 0 radical (unpaired) electrons. The van der Waals surface area contributed by atoms with E-state index in [0.717, 1.165) is 23.2 Å². The molecule has 1 N–H and O–H groups in total. The van der Waals surface area contributed by atoms with Gasteiger partial charge in [0, 0.05) is 10.6 Å². The van der Waals surface area contributed by atoms with Crippen molar-refractivity contribution >= 4 is 73.7 Å². The van der Waals surface area contributed by atoms with Crippen LogP contribution < -0.4 is 14.9 Å². The fourth-order valence-corrected chi connectivity index (χ4v) is 4.62. The standard InChI is InChI=1S/C21H18BrClN2O4S2/c1-3-7-29-18-15(22)8-12(9-16(18)28-2)10-17-20(27)25(21(30)31-17)24-19(26)13-5-4-6-14(23)11-13/h4-6,8-11H,3,7H2,1-2H3,(H,24,26)/b17-10-. The number of nitrogens with zero attached hydrogens (tertiary/aromatic N) is 1. The van der Waals surface area contributed by atoms with E-state index in [9.17, 15) is 9.59 Å². The number of hydrazine groups is 1. The van der Waals surface area contributed by atoms with Crippen LogP contribution in [0.3, 0.4) is 0 Å². The van der Waals surface area contributed by atoms with Gasteiger partial charge in [-0.1, -0.05) is 36.4 Å². The molecule has 0 spiro atoms. The summed E-state index contributed by atoms with van der Waals surface area (Å²) in [5.74, 6) is 0.232. The molecule has 1 aliphatic rings. The smallest absolute Gasteiger partial charge is 0.285 e. The van der Waals surface area contributed by atoms with Crippen molar-refractivity contribution in [2.75, 3.05) is 13.7 Å². The SMILES string of the molecule is CCCOc1c(Br)cc(/C=C2\SC(=S)N(NC(=O)c3cccc(Cl)c3)C2=O)cc1OC. The van der Waals surface area contributed by atoms with Crippen molar-refractivity contribution in [1.29, 1.82) is 0 Å². The first-order chi connectivity index (χ1) is 14.8. The number of nitrogens with one attached hydrogen (secondary N) is 1. The van der Waals surface area contributed by atoms with Crippen LogP contribution in [0.4, 0.5) is 0 Å². The zero-order valence-corrected chi connectivity index (χ0v) is 20.6. The Morgan fingerprint density at radius 2 is 2.13 bits per heavy atom. The highest BCUT2D eigenvalue weighted by atomic mass is 79.9. The van der Waals surface area contributed by atoms with Crippen LogP contribution in [0.2, 0.25) is 5.02 Å². The minimum atomic E-state index is -0.484. The van der Waals surface area contributed by atoms with Crippen molar-refractivity contribution in [3.05, 3.63) is 61.9 Å². The molecule has 31 heavy (non-hydrogen) atoms. The summed E-state index contributed by atoms with van der Waals surface area (Å²) in [6.45, 7) is 2.57. The highest BCUT2D eigenvalue weighted by Gasteiger charge is 2.34. The molecule has 1 heterocycles. The molecule has 0 unspecified atom stereocenters. The van der Waals surface area contributed by atoms with E-state index in [0.29, 0.717) is 43.6 Å². The number of rotatable bonds is 7. The lowest BCUT2D eigenvalue weighted by Crippen LogP contribution is -2.44. The van der Waals surface area contributed by atoms with E-state index in [4.69, 9.17) is 33.3 Å². The van der Waals surface area contributed by atoms with Gasteiger partial charge in [0.2, 0.25) is 0 Å². The van der Waals surface area contributed by atoms with Crippen LogP contribution in [0, 0.1) is 0 Å². The van der Waals surface area contributed by atoms with Gasteiger partial charge in [-0.2, -0.15) is 5.01 Å². The predicted molar refractivity (Wildman–Crippen MR) is 130 cm³/mol. The fraction of sp³-hybridized carbons (Fsp3) is 0.190. The first-order valence-electron chi connectivity index (χ1n) is 9.19. The van der Waals surface area contributed by atoms with Crippen molar-refractivity contribution in [1.82, 2.24) is 10.4 Å². The second-order valence-corrected chi connectivity index (χ2v) is 9.32. The summed E-state index contributed by atoms with van der Waals surface area (Å²) >= 11 is 15.8. The molecule has 0 bridgehead atoms. The Morgan fingerprint density at radius 3 is 2.81 bits per heavy atom. The van der Waals surface area contributed by atoms with Gasteiger partial charge in [0.1, 0.15) is 0 Å².